The summed E-state index contributed by atoms with van der Waals surface area (Å²) in [6, 6.07) is 6.32. The van der Waals surface area contributed by atoms with Crippen LogP contribution in [-0.4, -0.2) is 22.3 Å². The van der Waals surface area contributed by atoms with Gasteiger partial charge in [0.15, 0.2) is 0 Å². The van der Waals surface area contributed by atoms with E-state index in [4.69, 9.17) is 11.6 Å². The van der Waals surface area contributed by atoms with Gasteiger partial charge >= 0.3 is 0 Å². The number of rotatable bonds is 6. The van der Waals surface area contributed by atoms with E-state index < -0.39 is 10.8 Å². The average molecular weight is 274 g/mol. The predicted molar refractivity (Wildman–Crippen MR) is 76.0 cm³/mol. The van der Waals surface area contributed by atoms with Crippen LogP contribution in [0.1, 0.15) is 24.5 Å². The summed E-state index contributed by atoms with van der Waals surface area (Å²) in [5.74, 6) is 0.758. The van der Waals surface area contributed by atoms with Crippen molar-refractivity contribution in [3.05, 3.63) is 34.3 Å². The molecule has 17 heavy (non-hydrogen) atoms. The highest BCUT2D eigenvalue weighted by Gasteiger charge is 2.04. The lowest BCUT2D eigenvalue weighted by Crippen LogP contribution is -2.27. The number of hydrogen-bond donors (Lipinski definition) is 1. The summed E-state index contributed by atoms with van der Waals surface area (Å²) in [4.78, 5) is 0. The fourth-order valence-corrected chi connectivity index (χ4v) is 2.50. The largest absolute Gasteiger partial charge is 0.310 e. The maximum atomic E-state index is 11.0. The van der Waals surface area contributed by atoms with Gasteiger partial charge in [-0.3, -0.25) is 4.21 Å². The molecule has 0 spiro atoms. The van der Waals surface area contributed by atoms with E-state index in [1.165, 1.54) is 11.1 Å². The van der Waals surface area contributed by atoms with Crippen LogP contribution in [-0.2, 0) is 17.3 Å². The van der Waals surface area contributed by atoms with Gasteiger partial charge in [0.05, 0.1) is 0 Å². The van der Waals surface area contributed by atoms with Gasteiger partial charge in [-0.25, -0.2) is 0 Å². The molecular weight excluding hydrogens is 254 g/mol. The lowest BCUT2D eigenvalue weighted by atomic mass is 10.1. The number of nitrogens with one attached hydrogen (secondary N) is 1. The van der Waals surface area contributed by atoms with Gasteiger partial charge in [0, 0.05) is 40.4 Å². The molecule has 0 aromatic heterocycles. The summed E-state index contributed by atoms with van der Waals surface area (Å²) < 4.78 is 11.0. The zero-order valence-electron chi connectivity index (χ0n) is 10.6. The fourth-order valence-electron chi connectivity index (χ4n) is 1.59. The first-order chi connectivity index (χ1) is 7.99. The van der Waals surface area contributed by atoms with E-state index in [0.717, 1.165) is 23.7 Å². The molecule has 0 aliphatic carbocycles. The van der Waals surface area contributed by atoms with Gasteiger partial charge in [-0.1, -0.05) is 17.7 Å². The molecule has 96 valence electrons. The van der Waals surface area contributed by atoms with E-state index >= 15 is 0 Å². The Balaban J connectivity index is 2.41. The molecule has 4 heteroatoms. The molecule has 2 atom stereocenters. The Morgan fingerprint density at radius 2 is 2.18 bits per heavy atom. The van der Waals surface area contributed by atoms with Crippen molar-refractivity contribution in [1.29, 1.82) is 0 Å². The standard InChI is InChI=1S/C13H20ClNOS/c1-10-8-13(14)5-4-12(10)9-15-11(2)6-7-17(3)16/h4-5,8,11,15H,6-7,9H2,1-3H3. The highest BCUT2D eigenvalue weighted by molar-refractivity contribution is 7.84. The van der Waals surface area contributed by atoms with E-state index in [2.05, 4.69) is 25.2 Å². The maximum absolute atomic E-state index is 11.0. The number of benzene rings is 1. The Kier molecular flexibility index (Phi) is 6.17. The Labute approximate surface area is 111 Å². The van der Waals surface area contributed by atoms with Gasteiger partial charge in [-0.2, -0.15) is 0 Å². The third-order valence-corrected chi connectivity index (χ3v) is 3.83. The third-order valence-electron chi connectivity index (χ3n) is 2.78. The van der Waals surface area contributed by atoms with Crippen LogP contribution in [0.3, 0.4) is 0 Å². The minimum atomic E-state index is -0.699. The predicted octanol–water partition coefficient (Wildman–Crippen LogP) is 2.90. The Morgan fingerprint density at radius 1 is 1.47 bits per heavy atom. The van der Waals surface area contributed by atoms with Crippen molar-refractivity contribution in [2.24, 2.45) is 0 Å². The van der Waals surface area contributed by atoms with Crippen molar-refractivity contribution in [1.82, 2.24) is 5.32 Å². The first-order valence-corrected chi connectivity index (χ1v) is 7.88. The van der Waals surface area contributed by atoms with E-state index in [1.54, 1.807) is 6.26 Å². The van der Waals surface area contributed by atoms with Gasteiger partial charge in [-0.15, -0.1) is 0 Å². The highest BCUT2D eigenvalue weighted by Crippen LogP contribution is 2.15. The van der Waals surface area contributed by atoms with Crippen molar-refractivity contribution < 1.29 is 4.21 Å². The van der Waals surface area contributed by atoms with Crippen molar-refractivity contribution in [2.75, 3.05) is 12.0 Å². The lowest BCUT2D eigenvalue weighted by molar-refractivity contribution is 0.534. The van der Waals surface area contributed by atoms with Crippen LogP contribution in [0.15, 0.2) is 18.2 Å². The zero-order valence-corrected chi connectivity index (χ0v) is 12.2. The van der Waals surface area contributed by atoms with Crippen LogP contribution < -0.4 is 5.32 Å². The van der Waals surface area contributed by atoms with E-state index in [1.807, 2.05) is 12.1 Å². The molecule has 2 nitrogen and oxygen atoms in total. The molecule has 0 bridgehead atoms. The molecule has 1 N–H and O–H groups in total. The van der Waals surface area contributed by atoms with Crippen LogP contribution in [0.25, 0.3) is 0 Å². The van der Waals surface area contributed by atoms with E-state index in [9.17, 15) is 4.21 Å². The molecule has 0 heterocycles. The highest BCUT2D eigenvalue weighted by atomic mass is 35.5. The quantitative estimate of drug-likeness (QED) is 0.864. The Bertz CT molecular complexity index is 395. The number of aryl methyl sites for hydroxylation is 1. The second kappa shape index (κ2) is 7.14. The van der Waals surface area contributed by atoms with Gasteiger partial charge in [0.25, 0.3) is 0 Å². The molecule has 1 aromatic rings. The van der Waals surface area contributed by atoms with Gasteiger partial charge in [-0.05, 0) is 43.5 Å². The molecule has 0 fully saturated rings. The zero-order chi connectivity index (χ0) is 12.8. The minimum absolute atomic E-state index is 0.383. The van der Waals surface area contributed by atoms with Crippen LogP contribution in [0.2, 0.25) is 5.02 Å². The third kappa shape index (κ3) is 5.66. The second-order valence-corrected chi connectivity index (χ2v) is 6.41. The monoisotopic (exact) mass is 273 g/mol. The number of halogens is 1. The molecule has 0 aliphatic heterocycles. The first kappa shape index (κ1) is 14.7. The lowest BCUT2D eigenvalue weighted by Gasteiger charge is -2.14. The van der Waals surface area contributed by atoms with E-state index in [-0.39, 0.29) is 0 Å². The van der Waals surface area contributed by atoms with Crippen molar-refractivity contribution >= 4 is 22.4 Å². The molecule has 0 amide bonds. The fraction of sp³-hybridized carbons (Fsp3) is 0.538. The molecule has 2 unspecified atom stereocenters. The smallest absolute Gasteiger partial charge is 0.0408 e. The summed E-state index contributed by atoms with van der Waals surface area (Å²) in [6.45, 7) is 5.02. The van der Waals surface area contributed by atoms with Crippen molar-refractivity contribution in [3.63, 3.8) is 0 Å². The summed E-state index contributed by atoms with van der Waals surface area (Å²) in [7, 11) is -0.699. The molecule has 0 radical (unpaired) electrons. The Hall–Kier alpha value is -0.380. The second-order valence-electron chi connectivity index (χ2n) is 4.42. The summed E-state index contributed by atoms with van der Waals surface area (Å²) in [5.41, 5.74) is 2.47. The average Bonchev–Trinajstić information content (AvgIpc) is 2.25. The van der Waals surface area contributed by atoms with Crippen LogP contribution in [0.5, 0.6) is 0 Å². The molecular formula is C13H20ClNOS. The molecule has 0 saturated carbocycles. The molecule has 1 rings (SSSR count). The molecule has 1 aromatic carbocycles. The van der Waals surface area contributed by atoms with Crippen LogP contribution in [0.4, 0.5) is 0 Å². The molecule has 0 saturated heterocycles. The SMILES string of the molecule is Cc1cc(Cl)ccc1CNC(C)CCS(C)=O. The number of hydrogen-bond acceptors (Lipinski definition) is 2. The topological polar surface area (TPSA) is 29.1 Å². The van der Waals surface area contributed by atoms with Gasteiger partial charge in [0.2, 0.25) is 0 Å². The maximum Gasteiger partial charge on any atom is 0.0408 e. The van der Waals surface area contributed by atoms with Gasteiger partial charge < -0.3 is 5.32 Å². The summed E-state index contributed by atoms with van der Waals surface area (Å²) in [5, 5.41) is 4.22. The van der Waals surface area contributed by atoms with E-state index in [0.29, 0.717) is 6.04 Å². The molecule has 0 aliphatic rings. The first-order valence-electron chi connectivity index (χ1n) is 5.77. The van der Waals surface area contributed by atoms with Crippen molar-refractivity contribution in [3.8, 4) is 0 Å². The summed E-state index contributed by atoms with van der Waals surface area (Å²) in [6.07, 6.45) is 2.69. The minimum Gasteiger partial charge on any atom is -0.310 e. The summed E-state index contributed by atoms with van der Waals surface area (Å²) >= 11 is 5.91. The van der Waals surface area contributed by atoms with Gasteiger partial charge in [0.1, 0.15) is 0 Å². The van der Waals surface area contributed by atoms with Crippen LogP contribution in [0, 0.1) is 6.92 Å². The normalized spacial score (nSPS) is 14.6. The Morgan fingerprint density at radius 3 is 2.76 bits per heavy atom. The van der Waals surface area contributed by atoms with Crippen LogP contribution >= 0.6 is 11.6 Å². The van der Waals surface area contributed by atoms with Crippen molar-refractivity contribution in [2.45, 2.75) is 32.9 Å².